The number of H-pyrrole nitrogens is 1. The van der Waals surface area contributed by atoms with Crippen molar-refractivity contribution in [3.63, 3.8) is 0 Å². The highest BCUT2D eigenvalue weighted by atomic mass is 15.2. The second-order valence-electron chi connectivity index (χ2n) is 9.94. The number of fused-ring (bicyclic) bond motifs is 3. The third kappa shape index (κ3) is 3.66. The number of aromatic nitrogens is 3. The average molecular weight is 449 g/mol. The van der Waals surface area contributed by atoms with Crippen LogP contribution in [-0.4, -0.2) is 20.7 Å². The van der Waals surface area contributed by atoms with Crippen molar-refractivity contribution in [3.8, 4) is 11.1 Å². The van der Waals surface area contributed by atoms with Crippen LogP contribution in [0.5, 0.6) is 0 Å². The van der Waals surface area contributed by atoms with Gasteiger partial charge in [-0.05, 0) is 55.5 Å². The minimum Gasteiger partial charge on any atom is -0.359 e. The van der Waals surface area contributed by atoms with Crippen LogP contribution in [0.3, 0.4) is 0 Å². The fraction of sp³-hybridized carbons (Fsp3) is 0.214. The Hall–Kier alpha value is -3.90. The van der Waals surface area contributed by atoms with Crippen molar-refractivity contribution in [1.29, 1.82) is 0 Å². The van der Waals surface area contributed by atoms with Gasteiger partial charge in [0.1, 0.15) is 11.9 Å². The smallest absolute Gasteiger partial charge is 0.143 e. The summed E-state index contributed by atoms with van der Waals surface area (Å²) >= 11 is 0. The number of nitrogens with one attached hydrogen (secondary N) is 4. The van der Waals surface area contributed by atoms with Gasteiger partial charge >= 0.3 is 0 Å². The van der Waals surface area contributed by atoms with Crippen LogP contribution < -0.4 is 16.0 Å². The highest BCUT2D eigenvalue weighted by Crippen LogP contribution is 2.40. The van der Waals surface area contributed by atoms with Crippen LogP contribution in [0.15, 0.2) is 73.1 Å². The minimum atomic E-state index is -0.111. The van der Waals surface area contributed by atoms with Gasteiger partial charge in [0.15, 0.2) is 0 Å². The highest BCUT2D eigenvalue weighted by molar-refractivity contribution is 5.98. The van der Waals surface area contributed by atoms with Crippen molar-refractivity contribution in [3.05, 3.63) is 84.3 Å². The molecule has 0 fully saturated rings. The summed E-state index contributed by atoms with van der Waals surface area (Å²) in [7, 11) is 0. The van der Waals surface area contributed by atoms with Crippen LogP contribution in [0.25, 0.3) is 32.8 Å². The number of hydrogen-bond acceptors (Lipinski definition) is 5. The van der Waals surface area contributed by atoms with Crippen molar-refractivity contribution in [2.24, 2.45) is 0 Å². The zero-order valence-corrected chi connectivity index (χ0v) is 19.6. The lowest BCUT2D eigenvalue weighted by atomic mass is 9.99. The minimum absolute atomic E-state index is 0.0550. The lowest BCUT2D eigenvalue weighted by Crippen LogP contribution is -2.35. The summed E-state index contributed by atoms with van der Waals surface area (Å²) in [5.41, 5.74) is 7.75. The van der Waals surface area contributed by atoms with Gasteiger partial charge in [-0.25, -0.2) is 0 Å². The predicted octanol–water partition coefficient (Wildman–Crippen LogP) is 6.20. The van der Waals surface area contributed by atoms with Gasteiger partial charge in [0.2, 0.25) is 0 Å². The number of hydrogen-bond donors (Lipinski definition) is 4. The van der Waals surface area contributed by atoms with E-state index in [0.29, 0.717) is 0 Å². The van der Waals surface area contributed by atoms with Gasteiger partial charge in [-0.15, -0.1) is 0 Å². The van der Waals surface area contributed by atoms with Crippen molar-refractivity contribution < 1.29 is 0 Å². The van der Waals surface area contributed by atoms with Gasteiger partial charge < -0.3 is 16.0 Å². The Kier molecular flexibility index (Phi) is 4.78. The third-order valence-corrected chi connectivity index (χ3v) is 6.39. The van der Waals surface area contributed by atoms with Crippen molar-refractivity contribution in [2.45, 2.75) is 39.0 Å². The summed E-state index contributed by atoms with van der Waals surface area (Å²) in [6, 6.07) is 21.2. The van der Waals surface area contributed by atoms with Gasteiger partial charge in [-0.3, -0.25) is 10.1 Å². The molecule has 0 radical (unpaired) electrons. The van der Waals surface area contributed by atoms with E-state index >= 15 is 0 Å². The molecule has 4 N–H and O–H groups in total. The molecule has 6 heteroatoms. The molecule has 170 valence electrons. The fourth-order valence-electron chi connectivity index (χ4n) is 4.64. The normalized spacial score (nSPS) is 15.3. The number of nitrogens with zero attached hydrogens (tertiary/aromatic N) is 2. The molecule has 0 saturated carbocycles. The predicted molar refractivity (Wildman–Crippen MR) is 140 cm³/mol. The number of aromatic amines is 1. The molecular formula is C28H28N6. The van der Waals surface area contributed by atoms with Gasteiger partial charge in [-0.1, -0.05) is 42.5 Å². The van der Waals surface area contributed by atoms with E-state index in [1.807, 2.05) is 18.5 Å². The number of anilines is 2. The zero-order chi connectivity index (χ0) is 23.3. The van der Waals surface area contributed by atoms with Crippen LogP contribution in [0, 0.1) is 0 Å². The van der Waals surface area contributed by atoms with Gasteiger partial charge in [-0.2, -0.15) is 5.10 Å². The molecule has 6 nitrogen and oxygen atoms in total. The number of pyridine rings is 1. The van der Waals surface area contributed by atoms with Crippen LogP contribution in [0.2, 0.25) is 0 Å². The van der Waals surface area contributed by atoms with Crippen molar-refractivity contribution in [1.82, 2.24) is 20.5 Å². The molecule has 0 bridgehead atoms. The maximum absolute atomic E-state index is 4.69. The van der Waals surface area contributed by atoms with E-state index in [0.717, 1.165) is 51.0 Å². The molecule has 3 heterocycles. The summed E-state index contributed by atoms with van der Waals surface area (Å²) in [6.07, 6.45) is 3.75. The van der Waals surface area contributed by atoms with Crippen LogP contribution >= 0.6 is 0 Å². The molecule has 5 aromatic rings. The summed E-state index contributed by atoms with van der Waals surface area (Å²) < 4.78 is 0. The van der Waals surface area contributed by atoms with E-state index in [2.05, 4.69) is 101 Å². The summed E-state index contributed by atoms with van der Waals surface area (Å²) in [6.45, 7) is 7.35. The Morgan fingerprint density at radius 2 is 1.79 bits per heavy atom. The maximum Gasteiger partial charge on any atom is 0.143 e. The second-order valence-corrected chi connectivity index (χ2v) is 9.94. The quantitative estimate of drug-likeness (QED) is 0.263. The topological polar surface area (TPSA) is 77.7 Å². The summed E-state index contributed by atoms with van der Waals surface area (Å²) in [4.78, 5) is 4.47. The highest BCUT2D eigenvalue weighted by Gasteiger charge is 2.27. The van der Waals surface area contributed by atoms with Gasteiger partial charge in [0.25, 0.3) is 0 Å². The van der Waals surface area contributed by atoms with E-state index in [9.17, 15) is 0 Å². The SMILES string of the molecule is CC(C)(C)NCc1cccc2c1NC(c1n[nH]c3ccc(-c4cncc5ccccc45)cc13)N2. The van der Waals surface area contributed by atoms with Crippen molar-refractivity contribution >= 4 is 33.1 Å². The number of benzene rings is 3. The lowest BCUT2D eigenvalue weighted by Gasteiger charge is -2.21. The maximum atomic E-state index is 4.69. The van der Waals surface area contributed by atoms with Gasteiger partial charge in [0.05, 0.1) is 16.9 Å². The molecule has 0 saturated heterocycles. The molecule has 6 rings (SSSR count). The zero-order valence-electron chi connectivity index (χ0n) is 19.6. The molecule has 34 heavy (non-hydrogen) atoms. The van der Waals surface area contributed by atoms with E-state index in [1.165, 1.54) is 10.9 Å². The molecular weight excluding hydrogens is 420 g/mol. The number of rotatable bonds is 4. The molecule has 1 atom stereocenters. The first-order valence-corrected chi connectivity index (χ1v) is 11.7. The fourth-order valence-corrected chi connectivity index (χ4v) is 4.64. The molecule has 1 aliphatic rings. The Labute approximate surface area is 198 Å². The Morgan fingerprint density at radius 1 is 0.912 bits per heavy atom. The molecule has 2 aromatic heterocycles. The standard InChI is InChI=1S/C28H28N6/c1-28(2,3)30-15-19-8-6-10-24-25(19)32-27(31-24)26-21-13-17(11-12-23(21)33-34-26)22-16-29-14-18-7-4-5-9-20(18)22/h4-14,16,27,30-32H,15H2,1-3H3,(H,33,34). The summed E-state index contributed by atoms with van der Waals surface area (Å²) in [5.74, 6) is 0. The first-order chi connectivity index (χ1) is 16.5. The average Bonchev–Trinajstić information content (AvgIpc) is 3.45. The first kappa shape index (κ1) is 20.7. The molecule has 0 spiro atoms. The monoisotopic (exact) mass is 448 g/mol. The van der Waals surface area contributed by atoms with Gasteiger partial charge in [0, 0.05) is 40.8 Å². The molecule has 1 unspecified atom stereocenters. The Morgan fingerprint density at radius 3 is 2.68 bits per heavy atom. The molecule has 0 amide bonds. The first-order valence-electron chi connectivity index (χ1n) is 11.7. The Bertz CT molecular complexity index is 1510. The van der Waals surface area contributed by atoms with E-state index in [4.69, 9.17) is 5.10 Å². The lowest BCUT2D eigenvalue weighted by molar-refractivity contribution is 0.424. The molecule has 0 aliphatic carbocycles. The molecule has 3 aromatic carbocycles. The van der Waals surface area contributed by atoms with Crippen molar-refractivity contribution in [2.75, 3.05) is 10.6 Å². The third-order valence-electron chi connectivity index (χ3n) is 6.39. The largest absolute Gasteiger partial charge is 0.359 e. The number of para-hydroxylation sites is 1. The van der Waals surface area contributed by atoms with Crippen LogP contribution in [-0.2, 0) is 6.54 Å². The Balaban J connectivity index is 1.36. The second kappa shape index (κ2) is 7.85. The summed E-state index contributed by atoms with van der Waals surface area (Å²) in [5, 5.41) is 22.2. The van der Waals surface area contributed by atoms with E-state index in [1.54, 1.807) is 0 Å². The molecule has 1 aliphatic heterocycles. The van der Waals surface area contributed by atoms with E-state index in [-0.39, 0.29) is 11.7 Å². The van der Waals surface area contributed by atoms with Crippen LogP contribution in [0.1, 0.15) is 38.2 Å². The van der Waals surface area contributed by atoms with E-state index < -0.39 is 0 Å². The van der Waals surface area contributed by atoms with Crippen LogP contribution in [0.4, 0.5) is 11.4 Å².